The molecule has 1 amide bonds. The van der Waals surface area contributed by atoms with Gasteiger partial charge < -0.3 is 10.6 Å². The highest BCUT2D eigenvalue weighted by molar-refractivity contribution is 6.30. The molecule has 3 aromatic rings. The summed E-state index contributed by atoms with van der Waals surface area (Å²) in [5.74, 6) is 0.324. The Bertz CT molecular complexity index is 820. The summed E-state index contributed by atoms with van der Waals surface area (Å²) in [5, 5.41) is 14.6. The van der Waals surface area contributed by atoms with Gasteiger partial charge in [0.1, 0.15) is 0 Å². The van der Waals surface area contributed by atoms with E-state index in [-0.39, 0.29) is 11.6 Å². The largest absolute Gasteiger partial charge is 0.350 e. The Morgan fingerprint density at radius 1 is 0.920 bits per heavy atom. The van der Waals surface area contributed by atoms with Crippen molar-refractivity contribution in [3.8, 4) is 0 Å². The smallest absolute Gasteiger partial charge is 0.271 e. The molecule has 6 heteroatoms. The fraction of sp³-hybridized carbons (Fsp3) is 0.105. The van der Waals surface area contributed by atoms with Crippen LogP contribution in [0.25, 0.3) is 0 Å². The number of anilines is 2. The van der Waals surface area contributed by atoms with Crippen LogP contribution in [0, 0.1) is 0 Å². The topological polar surface area (TPSA) is 66.9 Å². The van der Waals surface area contributed by atoms with Gasteiger partial charge in [0.2, 0.25) is 0 Å². The van der Waals surface area contributed by atoms with Gasteiger partial charge in [-0.2, -0.15) is 0 Å². The molecule has 0 aliphatic carbocycles. The first-order valence-electron chi connectivity index (χ1n) is 7.89. The van der Waals surface area contributed by atoms with Gasteiger partial charge in [-0.3, -0.25) is 4.79 Å². The zero-order chi connectivity index (χ0) is 17.5. The second-order valence-corrected chi connectivity index (χ2v) is 5.86. The molecule has 0 saturated heterocycles. The Morgan fingerprint density at radius 2 is 1.68 bits per heavy atom. The number of rotatable bonds is 6. The van der Waals surface area contributed by atoms with Crippen LogP contribution in [0.5, 0.6) is 0 Å². The summed E-state index contributed by atoms with van der Waals surface area (Å²) in [6, 6.07) is 20.6. The normalized spacial score (nSPS) is 10.3. The number of aromatic nitrogens is 2. The number of hydrogen-bond acceptors (Lipinski definition) is 4. The van der Waals surface area contributed by atoms with Gasteiger partial charge in [0.15, 0.2) is 11.5 Å². The van der Waals surface area contributed by atoms with E-state index in [1.807, 2.05) is 42.5 Å². The Kier molecular flexibility index (Phi) is 5.59. The number of carbonyl (C=O) groups excluding carboxylic acids is 1. The maximum absolute atomic E-state index is 12.1. The number of amides is 1. The van der Waals surface area contributed by atoms with Crippen molar-refractivity contribution in [2.24, 2.45) is 0 Å². The van der Waals surface area contributed by atoms with Gasteiger partial charge >= 0.3 is 0 Å². The van der Waals surface area contributed by atoms with E-state index in [1.165, 1.54) is 5.56 Å². The number of halogens is 1. The van der Waals surface area contributed by atoms with E-state index in [0.29, 0.717) is 17.4 Å². The Balaban J connectivity index is 1.52. The van der Waals surface area contributed by atoms with Gasteiger partial charge in [-0.25, -0.2) is 0 Å². The number of nitrogens with zero attached hydrogens (tertiary/aromatic N) is 2. The molecule has 25 heavy (non-hydrogen) atoms. The lowest BCUT2D eigenvalue weighted by atomic mass is 10.1. The van der Waals surface area contributed by atoms with E-state index >= 15 is 0 Å². The van der Waals surface area contributed by atoms with E-state index in [0.717, 1.165) is 12.1 Å². The molecule has 0 bridgehead atoms. The van der Waals surface area contributed by atoms with E-state index in [9.17, 15) is 4.79 Å². The summed E-state index contributed by atoms with van der Waals surface area (Å²) in [6.07, 6.45) is 0.774. The highest BCUT2D eigenvalue weighted by Crippen LogP contribution is 2.17. The molecule has 0 atom stereocenters. The standard InChI is InChI=1S/C19H17ClN4O/c20-15-6-8-16(9-7-15)22-18-11-10-17(23-24-18)19(25)21-13-12-14-4-2-1-3-5-14/h1-11H,12-13H2,(H,21,25)(H,22,24). The molecule has 0 saturated carbocycles. The summed E-state index contributed by atoms with van der Waals surface area (Å²) in [5.41, 5.74) is 2.31. The monoisotopic (exact) mass is 352 g/mol. The quantitative estimate of drug-likeness (QED) is 0.707. The molecular formula is C19H17ClN4O. The third-order valence-corrected chi connectivity index (χ3v) is 3.81. The maximum Gasteiger partial charge on any atom is 0.271 e. The predicted molar refractivity (Wildman–Crippen MR) is 99.2 cm³/mol. The second kappa shape index (κ2) is 8.26. The molecule has 3 rings (SSSR count). The predicted octanol–water partition coefficient (Wildman–Crippen LogP) is 3.85. The summed E-state index contributed by atoms with van der Waals surface area (Å²) in [7, 11) is 0. The van der Waals surface area contributed by atoms with Gasteiger partial charge in [0.25, 0.3) is 5.91 Å². The van der Waals surface area contributed by atoms with Gasteiger partial charge in [-0.1, -0.05) is 41.9 Å². The van der Waals surface area contributed by atoms with Crippen LogP contribution in [0.2, 0.25) is 5.02 Å². The maximum atomic E-state index is 12.1. The number of carbonyl (C=O) groups is 1. The van der Waals surface area contributed by atoms with Crippen LogP contribution in [0.3, 0.4) is 0 Å². The molecule has 2 aromatic carbocycles. The molecular weight excluding hydrogens is 336 g/mol. The van der Waals surface area contributed by atoms with Crippen LogP contribution in [-0.2, 0) is 6.42 Å². The molecule has 1 aromatic heterocycles. The van der Waals surface area contributed by atoms with E-state index in [4.69, 9.17) is 11.6 Å². The minimum atomic E-state index is -0.235. The van der Waals surface area contributed by atoms with Crippen LogP contribution >= 0.6 is 11.6 Å². The lowest BCUT2D eigenvalue weighted by molar-refractivity contribution is 0.0948. The van der Waals surface area contributed by atoms with Crippen LogP contribution in [0.15, 0.2) is 66.7 Å². The fourth-order valence-electron chi connectivity index (χ4n) is 2.26. The Labute approximate surface area is 151 Å². The highest BCUT2D eigenvalue weighted by Gasteiger charge is 2.07. The average molecular weight is 353 g/mol. The molecule has 0 radical (unpaired) electrons. The SMILES string of the molecule is O=C(NCCc1ccccc1)c1ccc(Nc2ccc(Cl)cc2)nn1. The average Bonchev–Trinajstić information content (AvgIpc) is 2.65. The summed E-state index contributed by atoms with van der Waals surface area (Å²) in [4.78, 5) is 12.1. The van der Waals surface area contributed by atoms with Gasteiger partial charge in [-0.05, 0) is 48.4 Å². The summed E-state index contributed by atoms with van der Waals surface area (Å²) in [6.45, 7) is 0.551. The molecule has 0 aliphatic heterocycles. The number of nitrogens with one attached hydrogen (secondary N) is 2. The zero-order valence-electron chi connectivity index (χ0n) is 13.4. The van der Waals surface area contributed by atoms with Crippen LogP contribution in [0.4, 0.5) is 11.5 Å². The molecule has 0 spiro atoms. The Morgan fingerprint density at radius 3 is 2.36 bits per heavy atom. The van der Waals surface area contributed by atoms with Crippen LogP contribution in [0.1, 0.15) is 16.1 Å². The molecule has 126 valence electrons. The fourth-order valence-corrected chi connectivity index (χ4v) is 2.38. The third kappa shape index (κ3) is 5.02. The van der Waals surface area contributed by atoms with Crippen molar-refractivity contribution in [3.63, 3.8) is 0 Å². The van der Waals surface area contributed by atoms with Crippen molar-refractivity contribution in [3.05, 3.63) is 83.0 Å². The molecule has 0 aliphatic rings. The molecule has 2 N–H and O–H groups in total. The van der Waals surface area contributed by atoms with Crippen LogP contribution in [-0.4, -0.2) is 22.6 Å². The van der Waals surface area contributed by atoms with Crippen molar-refractivity contribution in [1.29, 1.82) is 0 Å². The van der Waals surface area contributed by atoms with Gasteiger partial charge in [-0.15, -0.1) is 10.2 Å². The molecule has 5 nitrogen and oxygen atoms in total. The van der Waals surface area contributed by atoms with Crippen molar-refractivity contribution in [1.82, 2.24) is 15.5 Å². The molecule has 0 unspecified atom stereocenters. The first-order chi connectivity index (χ1) is 12.2. The van der Waals surface area contributed by atoms with E-state index in [2.05, 4.69) is 20.8 Å². The van der Waals surface area contributed by atoms with Crippen LogP contribution < -0.4 is 10.6 Å². The minimum Gasteiger partial charge on any atom is -0.350 e. The van der Waals surface area contributed by atoms with E-state index in [1.54, 1.807) is 24.3 Å². The van der Waals surface area contributed by atoms with Crippen molar-refractivity contribution in [2.75, 3.05) is 11.9 Å². The Hall–Kier alpha value is -2.92. The first kappa shape index (κ1) is 16.9. The number of benzene rings is 2. The lowest BCUT2D eigenvalue weighted by Gasteiger charge is -2.07. The lowest BCUT2D eigenvalue weighted by Crippen LogP contribution is -2.26. The third-order valence-electron chi connectivity index (χ3n) is 3.56. The van der Waals surface area contributed by atoms with E-state index < -0.39 is 0 Å². The van der Waals surface area contributed by atoms with Crippen molar-refractivity contribution >= 4 is 29.0 Å². The number of hydrogen-bond donors (Lipinski definition) is 2. The van der Waals surface area contributed by atoms with Crippen molar-refractivity contribution < 1.29 is 4.79 Å². The second-order valence-electron chi connectivity index (χ2n) is 5.43. The summed E-state index contributed by atoms with van der Waals surface area (Å²) >= 11 is 5.85. The van der Waals surface area contributed by atoms with Gasteiger partial charge in [0, 0.05) is 17.3 Å². The highest BCUT2D eigenvalue weighted by atomic mass is 35.5. The molecule has 1 heterocycles. The summed E-state index contributed by atoms with van der Waals surface area (Å²) < 4.78 is 0. The zero-order valence-corrected chi connectivity index (χ0v) is 14.2. The van der Waals surface area contributed by atoms with Crippen molar-refractivity contribution in [2.45, 2.75) is 6.42 Å². The first-order valence-corrected chi connectivity index (χ1v) is 8.27. The minimum absolute atomic E-state index is 0.235. The van der Waals surface area contributed by atoms with Gasteiger partial charge in [0.05, 0.1) is 0 Å². The molecule has 0 fully saturated rings.